The number of nitrogens with zero attached hydrogens (tertiary/aromatic N) is 2. The fraction of sp³-hybridized carbons (Fsp3) is 0.154. The molecule has 0 aliphatic carbocycles. The van der Waals surface area contributed by atoms with Crippen molar-refractivity contribution in [2.24, 2.45) is 0 Å². The monoisotopic (exact) mass is 276 g/mol. The summed E-state index contributed by atoms with van der Waals surface area (Å²) in [6.07, 6.45) is 3.60. The summed E-state index contributed by atoms with van der Waals surface area (Å²) >= 11 is 3.50. The summed E-state index contributed by atoms with van der Waals surface area (Å²) in [5, 5.41) is 0. The number of hydrogen-bond donors (Lipinski definition) is 0. The molecular weight excluding hydrogens is 264 g/mol. The summed E-state index contributed by atoms with van der Waals surface area (Å²) < 4.78 is 0.998. The van der Waals surface area contributed by atoms with Crippen LogP contribution in [0.3, 0.4) is 0 Å². The lowest BCUT2D eigenvalue weighted by Crippen LogP contribution is -2.09. The number of hydrogen-bond acceptors (Lipinski definition) is 2. The van der Waals surface area contributed by atoms with Gasteiger partial charge in [0.25, 0.3) is 0 Å². The topological polar surface area (TPSA) is 16.1 Å². The van der Waals surface area contributed by atoms with E-state index in [1.165, 1.54) is 5.56 Å². The van der Waals surface area contributed by atoms with Crippen LogP contribution < -0.4 is 4.90 Å². The molecule has 1 aromatic carbocycles. The van der Waals surface area contributed by atoms with E-state index in [9.17, 15) is 0 Å². The van der Waals surface area contributed by atoms with E-state index in [0.717, 1.165) is 15.8 Å². The maximum Gasteiger partial charge on any atom is 0.0595 e. The molecule has 16 heavy (non-hydrogen) atoms. The van der Waals surface area contributed by atoms with Gasteiger partial charge in [0.1, 0.15) is 0 Å². The normalized spacial score (nSPS) is 10.2. The Morgan fingerprint density at radius 2 is 1.81 bits per heavy atom. The lowest BCUT2D eigenvalue weighted by atomic mass is 10.2. The van der Waals surface area contributed by atoms with Crippen LogP contribution in [0.15, 0.2) is 47.2 Å². The second-order valence-electron chi connectivity index (χ2n) is 3.72. The predicted molar refractivity (Wildman–Crippen MR) is 71.2 cm³/mol. The van der Waals surface area contributed by atoms with Crippen LogP contribution in [0.25, 0.3) is 0 Å². The molecule has 82 valence electrons. The molecular formula is C13H13BrN2. The Labute approximate surface area is 104 Å². The van der Waals surface area contributed by atoms with E-state index in [4.69, 9.17) is 0 Å². The molecule has 0 fully saturated rings. The molecule has 0 atom stereocenters. The van der Waals surface area contributed by atoms with E-state index in [1.54, 1.807) is 12.4 Å². The van der Waals surface area contributed by atoms with Gasteiger partial charge in [0.2, 0.25) is 0 Å². The molecule has 0 aliphatic heterocycles. The molecule has 0 aliphatic rings. The number of benzene rings is 1. The van der Waals surface area contributed by atoms with Gasteiger partial charge in [0.05, 0.1) is 10.2 Å². The Morgan fingerprint density at radius 1 is 1.12 bits per heavy atom. The summed E-state index contributed by atoms with van der Waals surface area (Å²) in [5.41, 5.74) is 3.54. The van der Waals surface area contributed by atoms with E-state index < -0.39 is 0 Å². The summed E-state index contributed by atoms with van der Waals surface area (Å²) in [6, 6.07) is 10.4. The first-order valence-corrected chi connectivity index (χ1v) is 5.87. The largest absolute Gasteiger partial charge is 0.344 e. The molecule has 0 unspecified atom stereocenters. The van der Waals surface area contributed by atoms with Crippen molar-refractivity contribution >= 4 is 27.3 Å². The van der Waals surface area contributed by atoms with E-state index in [1.807, 2.05) is 13.1 Å². The van der Waals surface area contributed by atoms with Gasteiger partial charge in [-0.25, -0.2) is 0 Å². The van der Waals surface area contributed by atoms with Crippen molar-refractivity contribution in [1.29, 1.82) is 0 Å². The van der Waals surface area contributed by atoms with Crippen molar-refractivity contribution in [3.63, 3.8) is 0 Å². The maximum atomic E-state index is 4.06. The smallest absolute Gasteiger partial charge is 0.0595 e. The number of rotatable bonds is 2. The molecule has 1 heterocycles. The van der Waals surface area contributed by atoms with Crippen LogP contribution in [0.1, 0.15) is 5.56 Å². The third-order valence-electron chi connectivity index (χ3n) is 2.53. The SMILES string of the molecule is Cc1ccc(N(C)c2ccncc2Br)cc1. The average molecular weight is 277 g/mol. The van der Waals surface area contributed by atoms with E-state index in [-0.39, 0.29) is 0 Å². The molecule has 0 spiro atoms. The lowest BCUT2D eigenvalue weighted by molar-refractivity contribution is 1.17. The van der Waals surface area contributed by atoms with E-state index in [0.29, 0.717) is 0 Å². The molecule has 0 N–H and O–H groups in total. The molecule has 2 aromatic rings. The Morgan fingerprint density at radius 3 is 2.44 bits per heavy atom. The zero-order valence-electron chi connectivity index (χ0n) is 9.31. The standard InChI is InChI=1S/C13H13BrN2/c1-10-3-5-11(6-4-10)16(2)13-7-8-15-9-12(13)14/h3-9H,1-2H3. The Bertz CT molecular complexity index is 480. The highest BCUT2D eigenvalue weighted by Gasteiger charge is 2.06. The first-order chi connectivity index (χ1) is 7.68. The summed E-state index contributed by atoms with van der Waals surface area (Å²) in [7, 11) is 2.05. The van der Waals surface area contributed by atoms with Crippen LogP contribution in [0.2, 0.25) is 0 Å². The third-order valence-corrected chi connectivity index (χ3v) is 3.14. The first-order valence-electron chi connectivity index (χ1n) is 5.08. The van der Waals surface area contributed by atoms with Crippen molar-refractivity contribution in [3.05, 3.63) is 52.8 Å². The van der Waals surface area contributed by atoms with Crippen molar-refractivity contribution in [2.75, 3.05) is 11.9 Å². The van der Waals surface area contributed by atoms with Gasteiger partial charge >= 0.3 is 0 Å². The zero-order valence-corrected chi connectivity index (χ0v) is 10.9. The molecule has 0 bridgehead atoms. The average Bonchev–Trinajstić information content (AvgIpc) is 2.30. The molecule has 0 amide bonds. The molecule has 1 aromatic heterocycles. The van der Waals surface area contributed by atoms with Crippen LogP contribution in [0.4, 0.5) is 11.4 Å². The van der Waals surface area contributed by atoms with Gasteiger partial charge in [-0.05, 0) is 41.1 Å². The molecule has 0 saturated heterocycles. The quantitative estimate of drug-likeness (QED) is 0.827. The highest BCUT2D eigenvalue weighted by atomic mass is 79.9. The Kier molecular flexibility index (Phi) is 3.25. The van der Waals surface area contributed by atoms with Crippen LogP contribution in [0.5, 0.6) is 0 Å². The highest BCUT2D eigenvalue weighted by molar-refractivity contribution is 9.10. The molecule has 0 radical (unpaired) electrons. The second-order valence-corrected chi connectivity index (χ2v) is 4.58. The molecule has 2 rings (SSSR count). The number of pyridine rings is 1. The first kappa shape index (κ1) is 11.1. The van der Waals surface area contributed by atoms with Gasteiger partial charge in [-0.3, -0.25) is 4.98 Å². The van der Waals surface area contributed by atoms with Gasteiger partial charge in [0.15, 0.2) is 0 Å². The summed E-state index contributed by atoms with van der Waals surface area (Å²) in [5.74, 6) is 0. The van der Waals surface area contributed by atoms with Crippen molar-refractivity contribution in [1.82, 2.24) is 4.98 Å². The maximum absolute atomic E-state index is 4.06. The number of halogens is 1. The van der Waals surface area contributed by atoms with Crippen molar-refractivity contribution < 1.29 is 0 Å². The second kappa shape index (κ2) is 4.66. The van der Waals surface area contributed by atoms with Gasteiger partial charge in [-0.1, -0.05) is 17.7 Å². The van der Waals surface area contributed by atoms with E-state index >= 15 is 0 Å². The lowest BCUT2D eigenvalue weighted by Gasteiger charge is -2.20. The van der Waals surface area contributed by atoms with Crippen LogP contribution >= 0.6 is 15.9 Å². The third kappa shape index (κ3) is 2.25. The number of aromatic nitrogens is 1. The van der Waals surface area contributed by atoms with Crippen LogP contribution in [-0.2, 0) is 0 Å². The fourth-order valence-corrected chi connectivity index (χ4v) is 2.06. The number of aryl methyl sites for hydroxylation is 1. The summed E-state index contributed by atoms with van der Waals surface area (Å²) in [4.78, 5) is 6.19. The van der Waals surface area contributed by atoms with Crippen molar-refractivity contribution in [2.45, 2.75) is 6.92 Å². The summed E-state index contributed by atoms with van der Waals surface area (Å²) in [6.45, 7) is 2.09. The minimum absolute atomic E-state index is 0.998. The Balaban J connectivity index is 2.35. The number of anilines is 2. The Hall–Kier alpha value is -1.35. The predicted octanol–water partition coefficient (Wildman–Crippen LogP) is 3.92. The highest BCUT2D eigenvalue weighted by Crippen LogP contribution is 2.29. The molecule has 3 heteroatoms. The van der Waals surface area contributed by atoms with E-state index in [2.05, 4.69) is 57.0 Å². The minimum Gasteiger partial charge on any atom is -0.344 e. The van der Waals surface area contributed by atoms with Gasteiger partial charge < -0.3 is 4.90 Å². The zero-order chi connectivity index (χ0) is 11.5. The van der Waals surface area contributed by atoms with Crippen molar-refractivity contribution in [3.8, 4) is 0 Å². The molecule has 0 saturated carbocycles. The minimum atomic E-state index is 0.998. The van der Waals surface area contributed by atoms with Crippen LogP contribution in [-0.4, -0.2) is 12.0 Å². The fourth-order valence-electron chi connectivity index (χ4n) is 1.55. The van der Waals surface area contributed by atoms with Gasteiger partial charge in [-0.2, -0.15) is 0 Å². The van der Waals surface area contributed by atoms with Crippen LogP contribution in [0, 0.1) is 6.92 Å². The van der Waals surface area contributed by atoms with Gasteiger partial charge in [-0.15, -0.1) is 0 Å². The van der Waals surface area contributed by atoms with Gasteiger partial charge in [0, 0.05) is 25.1 Å². The molecule has 2 nitrogen and oxygen atoms in total.